The molecule has 0 radical (unpaired) electrons. The van der Waals surface area contributed by atoms with E-state index >= 15 is 0 Å². The first-order chi connectivity index (χ1) is 13.7. The third kappa shape index (κ3) is 8.99. The van der Waals surface area contributed by atoms with Crippen molar-refractivity contribution >= 4 is 39.8 Å². The largest absolute Gasteiger partial charge is 0.357 e. The molecule has 1 aromatic carbocycles. The maximum absolute atomic E-state index is 13.7. The molecule has 0 aliphatic heterocycles. The van der Waals surface area contributed by atoms with Crippen LogP contribution in [0.4, 0.5) is 4.39 Å². The number of nitrogens with one attached hydrogen (secondary N) is 2. The lowest BCUT2D eigenvalue weighted by molar-refractivity contribution is 0.555. The van der Waals surface area contributed by atoms with Crippen molar-refractivity contribution in [2.24, 2.45) is 4.99 Å². The first kappa shape index (κ1) is 26.3. The molecule has 2 N–H and O–H groups in total. The van der Waals surface area contributed by atoms with Crippen LogP contribution in [-0.2, 0) is 28.7 Å². The molecule has 2 aromatic rings. The average molecular weight is 551 g/mol. The summed E-state index contributed by atoms with van der Waals surface area (Å²) in [6, 6.07) is 6.18. The Morgan fingerprint density at radius 3 is 2.53 bits per heavy atom. The highest BCUT2D eigenvalue weighted by molar-refractivity contribution is 14.0. The average Bonchev–Trinajstić information content (AvgIpc) is 2.94. The van der Waals surface area contributed by atoms with Gasteiger partial charge in [0.2, 0.25) is 0 Å². The fourth-order valence-corrected chi connectivity index (χ4v) is 3.85. The summed E-state index contributed by atoms with van der Waals surface area (Å²) >= 11 is 0. The van der Waals surface area contributed by atoms with Crippen LogP contribution < -0.4 is 10.6 Å². The molecule has 7 nitrogen and oxygen atoms in total. The SMILES string of the molecule is CCNC(=NCc1cc(F)ccc1CS(C)(=O)=O)NCCCn1nc(C)cc1C.I. The van der Waals surface area contributed by atoms with Gasteiger partial charge in [-0.25, -0.2) is 17.8 Å². The van der Waals surface area contributed by atoms with Crippen LogP contribution in [0.3, 0.4) is 0 Å². The molecule has 10 heteroatoms. The van der Waals surface area contributed by atoms with Crippen LogP contribution in [0.2, 0.25) is 0 Å². The van der Waals surface area contributed by atoms with Crippen molar-refractivity contribution < 1.29 is 12.8 Å². The quantitative estimate of drug-likeness (QED) is 0.217. The minimum absolute atomic E-state index is 0. The predicted molar refractivity (Wildman–Crippen MR) is 129 cm³/mol. The van der Waals surface area contributed by atoms with Crippen molar-refractivity contribution in [2.45, 2.75) is 46.0 Å². The Morgan fingerprint density at radius 1 is 1.20 bits per heavy atom. The zero-order valence-corrected chi connectivity index (χ0v) is 21.1. The Balaban J connectivity index is 0.00000450. The van der Waals surface area contributed by atoms with Gasteiger partial charge in [-0.05, 0) is 56.5 Å². The normalized spacial score (nSPS) is 11.8. The zero-order chi connectivity index (χ0) is 21.4. The van der Waals surface area contributed by atoms with Gasteiger partial charge in [0.05, 0.1) is 18.0 Å². The molecule has 1 aromatic heterocycles. The van der Waals surface area contributed by atoms with Gasteiger partial charge in [-0.15, -0.1) is 24.0 Å². The van der Waals surface area contributed by atoms with E-state index in [1.807, 2.05) is 31.5 Å². The second-order valence-electron chi connectivity index (χ2n) is 7.11. The lowest BCUT2D eigenvalue weighted by Crippen LogP contribution is -2.38. The number of hydrogen-bond donors (Lipinski definition) is 2. The highest BCUT2D eigenvalue weighted by Crippen LogP contribution is 2.15. The number of hydrogen-bond acceptors (Lipinski definition) is 4. The van der Waals surface area contributed by atoms with Gasteiger partial charge in [0.25, 0.3) is 0 Å². The number of sulfone groups is 1. The van der Waals surface area contributed by atoms with Gasteiger partial charge in [-0.1, -0.05) is 6.07 Å². The molecule has 0 saturated heterocycles. The van der Waals surface area contributed by atoms with Gasteiger partial charge in [0.1, 0.15) is 5.82 Å². The summed E-state index contributed by atoms with van der Waals surface area (Å²) in [4.78, 5) is 4.49. The molecular weight excluding hydrogens is 520 g/mol. The van der Waals surface area contributed by atoms with Crippen molar-refractivity contribution in [1.82, 2.24) is 20.4 Å². The van der Waals surface area contributed by atoms with E-state index in [0.29, 0.717) is 30.2 Å². The topological polar surface area (TPSA) is 88.4 Å². The van der Waals surface area contributed by atoms with E-state index < -0.39 is 15.7 Å². The van der Waals surface area contributed by atoms with Crippen molar-refractivity contribution in [1.29, 1.82) is 0 Å². The van der Waals surface area contributed by atoms with Crippen LogP contribution in [0.5, 0.6) is 0 Å². The molecule has 2 rings (SSSR count). The summed E-state index contributed by atoms with van der Waals surface area (Å²) in [5, 5.41) is 10.9. The molecule has 0 spiro atoms. The van der Waals surface area contributed by atoms with Crippen LogP contribution in [0.25, 0.3) is 0 Å². The number of nitrogens with zero attached hydrogens (tertiary/aromatic N) is 3. The van der Waals surface area contributed by atoms with E-state index in [1.54, 1.807) is 0 Å². The molecule has 0 aliphatic rings. The van der Waals surface area contributed by atoms with Gasteiger partial charge in [0, 0.05) is 31.6 Å². The first-order valence-corrected chi connectivity index (χ1v) is 11.7. The molecule has 0 unspecified atom stereocenters. The zero-order valence-electron chi connectivity index (χ0n) is 17.9. The summed E-state index contributed by atoms with van der Waals surface area (Å²) in [5.74, 6) is 0.0656. The molecule has 0 fully saturated rings. The number of aromatic nitrogens is 2. The highest BCUT2D eigenvalue weighted by Gasteiger charge is 2.11. The lowest BCUT2D eigenvalue weighted by Gasteiger charge is -2.13. The van der Waals surface area contributed by atoms with Crippen molar-refractivity contribution in [2.75, 3.05) is 19.3 Å². The van der Waals surface area contributed by atoms with E-state index in [1.165, 1.54) is 18.2 Å². The maximum Gasteiger partial charge on any atom is 0.191 e. The van der Waals surface area contributed by atoms with Gasteiger partial charge in [-0.2, -0.15) is 5.10 Å². The third-order valence-electron chi connectivity index (χ3n) is 4.28. The Hall–Kier alpha value is -1.69. The molecule has 168 valence electrons. The summed E-state index contributed by atoms with van der Waals surface area (Å²) in [7, 11) is -3.22. The van der Waals surface area contributed by atoms with Gasteiger partial charge in [0.15, 0.2) is 15.8 Å². The minimum Gasteiger partial charge on any atom is -0.357 e. The van der Waals surface area contributed by atoms with E-state index in [4.69, 9.17) is 0 Å². The standard InChI is InChI=1S/C20H30FN5O2S.HI/c1-5-22-20(23-9-6-10-26-16(3)11-15(2)25-26)24-13-18-12-19(21)8-7-17(18)14-29(4,27)28;/h7-8,11-12H,5-6,9-10,13-14H2,1-4H3,(H2,22,23,24);1H. The second-order valence-corrected chi connectivity index (χ2v) is 9.25. The number of aryl methyl sites for hydroxylation is 3. The van der Waals surface area contributed by atoms with E-state index in [9.17, 15) is 12.8 Å². The molecule has 0 atom stereocenters. The fraction of sp³-hybridized carbons (Fsp3) is 0.500. The highest BCUT2D eigenvalue weighted by atomic mass is 127. The summed E-state index contributed by atoms with van der Waals surface area (Å²) in [6.45, 7) is 8.34. The Morgan fingerprint density at radius 2 is 1.93 bits per heavy atom. The van der Waals surface area contributed by atoms with E-state index in [-0.39, 0.29) is 36.3 Å². The molecule has 30 heavy (non-hydrogen) atoms. The molecule has 0 amide bonds. The predicted octanol–water partition coefficient (Wildman–Crippen LogP) is 2.95. The number of rotatable bonds is 9. The van der Waals surface area contributed by atoms with E-state index in [0.717, 1.165) is 30.6 Å². The summed E-state index contributed by atoms with van der Waals surface area (Å²) < 4.78 is 38.9. The van der Waals surface area contributed by atoms with E-state index in [2.05, 4.69) is 20.7 Å². The van der Waals surface area contributed by atoms with Crippen LogP contribution in [0.1, 0.15) is 35.9 Å². The number of halogens is 2. The van der Waals surface area contributed by atoms with Crippen molar-refractivity contribution in [3.8, 4) is 0 Å². The Labute approximate surface area is 195 Å². The fourth-order valence-electron chi connectivity index (χ4n) is 3.01. The molecule has 0 bridgehead atoms. The Bertz CT molecular complexity index is 960. The smallest absolute Gasteiger partial charge is 0.191 e. The molecular formula is C20H31FIN5O2S. The maximum atomic E-state index is 13.7. The lowest BCUT2D eigenvalue weighted by atomic mass is 10.1. The van der Waals surface area contributed by atoms with Crippen LogP contribution >= 0.6 is 24.0 Å². The van der Waals surface area contributed by atoms with Crippen LogP contribution in [0, 0.1) is 19.7 Å². The van der Waals surface area contributed by atoms with Gasteiger partial charge < -0.3 is 10.6 Å². The van der Waals surface area contributed by atoms with Gasteiger partial charge >= 0.3 is 0 Å². The van der Waals surface area contributed by atoms with Crippen LogP contribution in [-0.4, -0.2) is 43.5 Å². The summed E-state index contributed by atoms with van der Waals surface area (Å²) in [5.41, 5.74) is 3.27. The first-order valence-electron chi connectivity index (χ1n) is 9.66. The second kappa shape index (κ2) is 12.2. The minimum atomic E-state index is -3.22. The number of aliphatic imine (C=N–C) groups is 1. The molecule has 0 saturated carbocycles. The van der Waals surface area contributed by atoms with Crippen molar-refractivity contribution in [3.05, 3.63) is 52.6 Å². The molecule has 1 heterocycles. The third-order valence-corrected chi connectivity index (χ3v) is 5.12. The Kier molecular flexibility index (Phi) is 10.7. The van der Waals surface area contributed by atoms with Crippen LogP contribution in [0.15, 0.2) is 29.3 Å². The monoisotopic (exact) mass is 551 g/mol. The summed E-state index contributed by atoms with van der Waals surface area (Å²) in [6.07, 6.45) is 2.03. The molecule has 0 aliphatic carbocycles. The van der Waals surface area contributed by atoms with Crippen molar-refractivity contribution in [3.63, 3.8) is 0 Å². The van der Waals surface area contributed by atoms with Gasteiger partial charge in [-0.3, -0.25) is 4.68 Å². The number of benzene rings is 1. The number of guanidine groups is 1.